The summed E-state index contributed by atoms with van der Waals surface area (Å²) in [7, 11) is 3.42. The summed E-state index contributed by atoms with van der Waals surface area (Å²) in [6.07, 6.45) is 2.06. The van der Waals surface area contributed by atoms with Crippen molar-refractivity contribution in [3.63, 3.8) is 0 Å². The van der Waals surface area contributed by atoms with Crippen molar-refractivity contribution in [3.8, 4) is 5.75 Å². The number of ether oxygens (including phenoxy) is 1. The van der Waals surface area contributed by atoms with Gasteiger partial charge in [0.15, 0.2) is 11.6 Å². The molecule has 1 unspecified atom stereocenters. The summed E-state index contributed by atoms with van der Waals surface area (Å²) in [6.45, 7) is 2.39. The molecule has 208 valence electrons. The molecule has 0 saturated carbocycles. The lowest BCUT2D eigenvalue weighted by atomic mass is 9.97. The summed E-state index contributed by atoms with van der Waals surface area (Å²) >= 11 is 12.6. The van der Waals surface area contributed by atoms with Crippen molar-refractivity contribution < 1.29 is 9.13 Å². The topological polar surface area (TPSA) is 91.3 Å². The highest BCUT2D eigenvalue weighted by Gasteiger charge is 2.24. The van der Waals surface area contributed by atoms with Crippen LogP contribution < -0.4 is 25.2 Å². The maximum atomic E-state index is 14.2. The molecule has 9 nitrogen and oxygen atoms in total. The van der Waals surface area contributed by atoms with E-state index >= 15 is 0 Å². The summed E-state index contributed by atoms with van der Waals surface area (Å²) in [5.74, 6) is 2.40. The van der Waals surface area contributed by atoms with E-state index in [4.69, 9.17) is 27.9 Å². The number of hydrogen-bond acceptors (Lipinski definition) is 9. The van der Waals surface area contributed by atoms with Gasteiger partial charge in [0, 0.05) is 56.3 Å². The molecule has 0 amide bonds. The molecule has 2 aromatic carbocycles. The van der Waals surface area contributed by atoms with Crippen molar-refractivity contribution in [2.45, 2.75) is 12.8 Å². The SMILES string of the molecule is COc1ccc(Nc2nc(Cl)cc(N3CCCC(CN(C)c4cc(Nc5ccccc5)nc(Cl)n4)C3)n2)cc1F. The van der Waals surface area contributed by atoms with Gasteiger partial charge in [-0.25, -0.2) is 19.3 Å². The molecule has 1 saturated heterocycles. The smallest absolute Gasteiger partial charge is 0.230 e. The summed E-state index contributed by atoms with van der Waals surface area (Å²) in [5.41, 5.74) is 1.41. The van der Waals surface area contributed by atoms with Crippen LogP contribution in [0, 0.1) is 11.7 Å². The van der Waals surface area contributed by atoms with Gasteiger partial charge in [-0.3, -0.25) is 0 Å². The molecular weight excluding hydrogens is 554 g/mol. The number of benzene rings is 2. The third kappa shape index (κ3) is 7.00. The quantitative estimate of drug-likeness (QED) is 0.168. The molecule has 1 fully saturated rings. The van der Waals surface area contributed by atoms with Gasteiger partial charge in [-0.15, -0.1) is 0 Å². The standard InChI is InChI=1S/C28H29Cl2FN8O/c1-38(25-15-24(35-27(30)36-25)32-19-8-4-3-5-9-19)16-18-7-6-12-39(17-18)26-14-23(29)34-28(37-26)33-20-10-11-22(40-2)21(31)13-20/h3-5,8-11,13-15,18H,6-7,12,16-17H2,1-2H3,(H,32,35,36)(H,33,34,37). The Kier molecular flexibility index (Phi) is 8.66. The predicted molar refractivity (Wildman–Crippen MR) is 158 cm³/mol. The van der Waals surface area contributed by atoms with Gasteiger partial charge >= 0.3 is 0 Å². The van der Waals surface area contributed by atoms with Gasteiger partial charge in [0.1, 0.15) is 22.6 Å². The first-order valence-electron chi connectivity index (χ1n) is 12.8. The highest BCUT2D eigenvalue weighted by Crippen LogP contribution is 2.28. The summed E-state index contributed by atoms with van der Waals surface area (Å²) in [6, 6.07) is 18.0. The van der Waals surface area contributed by atoms with E-state index < -0.39 is 5.82 Å². The van der Waals surface area contributed by atoms with Crippen molar-refractivity contribution >= 4 is 58.0 Å². The van der Waals surface area contributed by atoms with E-state index in [-0.39, 0.29) is 11.0 Å². The van der Waals surface area contributed by atoms with Crippen molar-refractivity contribution in [2.24, 2.45) is 5.92 Å². The minimum Gasteiger partial charge on any atom is -0.494 e. The van der Waals surface area contributed by atoms with Crippen LogP contribution in [0.4, 0.5) is 39.2 Å². The molecule has 0 radical (unpaired) electrons. The molecule has 12 heteroatoms. The fraction of sp³-hybridized carbons (Fsp3) is 0.286. The number of nitrogens with zero attached hydrogens (tertiary/aromatic N) is 6. The average molecular weight is 583 g/mol. The molecule has 40 heavy (non-hydrogen) atoms. The van der Waals surface area contributed by atoms with Gasteiger partial charge < -0.3 is 25.2 Å². The fourth-order valence-electron chi connectivity index (χ4n) is 4.73. The van der Waals surface area contributed by atoms with E-state index in [1.165, 1.54) is 13.2 Å². The first-order valence-corrected chi connectivity index (χ1v) is 13.6. The maximum absolute atomic E-state index is 14.2. The molecule has 2 aromatic heterocycles. The maximum Gasteiger partial charge on any atom is 0.230 e. The second-order valence-electron chi connectivity index (χ2n) is 9.55. The second-order valence-corrected chi connectivity index (χ2v) is 10.3. The minimum absolute atomic E-state index is 0.162. The van der Waals surface area contributed by atoms with Gasteiger partial charge in [-0.1, -0.05) is 29.8 Å². The Hall–Kier alpha value is -3.89. The Balaban J connectivity index is 1.26. The van der Waals surface area contributed by atoms with Crippen LogP contribution in [0.15, 0.2) is 60.7 Å². The molecule has 0 bridgehead atoms. The molecule has 2 N–H and O–H groups in total. The molecule has 0 spiro atoms. The van der Waals surface area contributed by atoms with E-state index in [0.29, 0.717) is 34.3 Å². The van der Waals surface area contributed by atoms with Gasteiger partial charge in [-0.05, 0) is 54.6 Å². The van der Waals surface area contributed by atoms with Crippen LogP contribution in [0.3, 0.4) is 0 Å². The number of hydrogen-bond donors (Lipinski definition) is 2. The largest absolute Gasteiger partial charge is 0.494 e. The summed E-state index contributed by atoms with van der Waals surface area (Å²) in [4.78, 5) is 22.0. The van der Waals surface area contributed by atoms with Crippen LogP contribution >= 0.6 is 23.2 Å². The normalized spacial score (nSPS) is 15.0. The Morgan fingerprint density at radius 2 is 1.82 bits per heavy atom. The number of halogens is 3. The number of anilines is 6. The lowest BCUT2D eigenvalue weighted by Crippen LogP contribution is -2.40. The third-order valence-electron chi connectivity index (χ3n) is 6.59. The van der Waals surface area contributed by atoms with Gasteiger partial charge in [0.25, 0.3) is 0 Å². The number of nitrogens with one attached hydrogen (secondary N) is 2. The number of piperidine rings is 1. The molecule has 4 aromatic rings. The minimum atomic E-state index is -0.481. The molecule has 3 heterocycles. The lowest BCUT2D eigenvalue weighted by molar-refractivity contribution is 0.386. The Bertz CT molecular complexity index is 1460. The highest BCUT2D eigenvalue weighted by atomic mass is 35.5. The number of rotatable bonds is 9. The molecule has 5 rings (SSSR count). The van der Waals surface area contributed by atoms with Crippen LogP contribution in [-0.2, 0) is 0 Å². The zero-order valence-corrected chi connectivity index (χ0v) is 23.6. The average Bonchev–Trinajstić information content (AvgIpc) is 2.93. The van der Waals surface area contributed by atoms with Crippen LogP contribution in [-0.4, -0.2) is 53.7 Å². The van der Waals surface area contributed by atoms with Crippen molar-refractivity contribution in [1.29, 1.82) is 0 Å². The van der Waals surface area contributed by atoms with Gasteiger partial charge in [-0.2, -0.15) is 4.98 Å². The fourth-order valence-corrected chi connectivity index (χ4v) is 5.09. The molecule has 0 aliphatic carbocycles. The zero-order chi connectivity index (χ0) is 28.1. The van der Waals surface area contributed by atoms with Crippen LogP contribution in [0.2, 0.25) is 10.4 Å². The number of methoxy groups -OCH3 is 1. The first-order chi connectivity index (χ1) is 19.4. The lowest BCUT2D eigenvalue weighted by Gasteiger charge is -2.35. The van der Waals surface area contributed by atoms with E-state index in [0.717, 1.165) is 44.0 Å². The Morgan fingerprint density at radius 1 is 1.00 bits per heavy atom. The summed E-state index contributed by atoms with van der Waals surface area (Å²) < 4.78 is 19.1. The number of para-hydroxylation sites is 1. The molecular formula is C28H29Cl2FN8O. The Morgan fingerprint density at radius 3 is 2.60 bits per heavy atom. The van der Waals surface area contributed by atoms with E-state index in [1.54, 1.807) is 18.2 Å². The van der Waals surface area contributed by atoms with E-state index in [9.17, 15) is 4.39 Å². The molecule has 1 aliphatic heterocycles. The van der Waals surface area contributed by atoms with Crippen molar-refractivity contribution in [2.75, 3.05) is 54.2 Å². The highest BCUT2D eigenvalue weighted by molar-refractivity contribution is 6.29. The van der Waals surface area contributed by atoms with Gasteiger partial charge in [0.05, 0.1) is 7.11 Å². The van der Waals surface area contributed by atoms with Crippen molar-refractivity contribution in [1.82, 2.24) is 19.9 Å². The van der Waals surface area contributed by atoms with E-state index in [2.05, 4.69) is 40.4 Å². The van der Waals surface area contributed by atoms with Crippen LogP contribution in [0.1, 0.15) is 12.8 Å². The molecule has 1 aliphatic rings. The van der Waals surface area contributed by atoms with Crippen molar-refractivity contribution in [3.05, 3.63) is 76.9 Å². The Labute approximate surface area is 242 Å². The zero-order valence-electron chi connectivity index (χ0n) is 22.1. The predicted octanol–water partition coefficient (Wildman–Crippen LogP) is 6.56. The number of aromatic nitrogens is 4. The third-order valence-corrected chi connectivity index (χ3v) is 6.95. The second kappa shape index (κ2) is 12.5. The van der Waals surface area contributed by atoms with E-state index in [1.807, 2.05) is 43.4 Å². The monoisotopic (exact) mass is 582 g/mol. The molecule has 1 atom stereocenters. The van der Waals surface area contributed by atoms with Crippen LogP contribution in [0.25, 0.3) is 0 Å². The van der Waals surface area contributed by atoms with Crippen LogP contribution in [0.5, 0.6) is 5.75 Å². The summed E-state index contributed by atoms with van der Waals surface area (Å²) in [5, 5.41) is 6.80. The first kappa shape index (κ1) is 27.7. The van der Waals surface area contributed by atoms with Gasteiger partial charge in [0.2, 0.25) is 11.2 Å².